The number of hydrogen-bond acceptors (Lipinski definition) is 10. The Labute approximate surface area is 216 Å². The van der Waals surface area contributed by atoms with E-state index in [1.165, 1.54) is 0 Å². The van der Waals surface area contributed by atoms with Gasteiger partial charge in [0, 0.05) is 6.54 Å². The molecule has 0 saturated heterocycles. The van der Waals surface area contributed by atoms with E-state index in [9.17, 15) is 19.5 Å². The number of aromatic nitrogens is 3. The van der Waals surface area contributed by atoms with E-state index in [4.69, 9.17) is 9.47 Å². The lowest BCUT2D eigenvalue weighted by atomic mass is 10.1. The molecule has 10 nitrogen and oxygen atoms in total. The second-order valence-corrected chi connectivity index (χ2v) is 9.22. The number of para-hydroxylation sites is 1. The molecule has 0 aliphatic carbocycles. The predicted molar refractivity (Wildman–Crippen MR) is 138 cm³/mol. The molecule has 0 spiro atoms. The highest BCUT2D eigenvalue weighted by Crippen LogP contribution is 2.35. The van der Waals surface area contributed by atoms with Crippen molar-refractivity contribution in [2.75, 3.05) is 24.3 Å². The Kier molecular flexibility index (Phi) is 9.25. The Hall–Kier alpha value is -3.64. The Balaban J connectivity index is 1.81. The van der Waals surface area contributed by atoms with E-state index in [1.54, 1.807) is 55.7 Å². The van der Waals surface area contributed by atoms with Crippen LogP contribution in [-0.4, -0.2) is 56.7 Å². The number of carbonyl (C=O) groups is 3. The lowest BCUT2D eigenvalue weighted by molar-refractivity contribution is -0.113. The summed E-state index contributed by atoms with van der Waals surface area (Å²) >= 11 is 2.09. The van der Waals surface area contributed by atoms with Gasteiger partial charge in [-0.1, -0.05) is 30.0 Å². The summed E-state index contributed by atoms with van der Waals surface area (Å²) in [5.74, 6) is -1.18. The molecule has 3 rings (SSSR count). The molecule has 36 heavy (non-hydrogen) atoms. The number of benzene rings is 1. The van der Waals surface area contributed by atoms with E-state index < -0.39 is 17.8 Å². The molecule has 2 heterocycles. The van der Waals surface area contributed by atoms with Crippen LogP contribution in [0.1, 0.15) is 39.4 Å². The van der Waals surface area contributed by atoms with Crippen molar-refractivity contribution in [3.05, 3.63) is 52.9 Å². The molecule has 0 bridgehead atoms. The normalized spacial score (nSPS) is 10.6. The number of aromatic hydroxyl groups is 1. The van der Waals surface area contributed by atoms with Crippen LogP contribution in [-0.2, 0) is 20.8 Å². The molecule has 0 radical (unpaired) electrons. The monoisotopic (exact) mass is 530 g/mol. The zero-order valence-electron chi connectivity index (χ0n) is 20.1. The van der Waals surface area contributed by atoms with Gasteiger partial charge in [-0.2, -0.15) is 0 Å². The minimum absolute atomic E-state index is 0.0516. The smallest absolute Gasteiger partial charge is 0.348 e. The first-order valence-corrected chi connectivity index (χ1v) is 12.8. The number of thioether (sulfide) groups is 1. The van der Waals surface area contributed by atoms with Crippen LogP contribution < -0.4 is 5.32 Å². The number of phenols is 1. The average molecular weight is 531 g/mol. The number of amides is 1. The number of carbonyl (C=O) groups excluding carboxylic acids is 3. The molecular formula is C24H26N4O6S2. The van der Waals surface area contributed by atoms with E-state index in [2.05, 4.69) is 22.1 Å². The van der Waals surface area contributed by atoms with Gasteiger partial charge < -0.3 is 19.9 Å². The fraction of sp³-hybridized carbons (Fsp3) is 0.292. The van der Waals surface area contributed by atoms with Gasteiger partial charge in [0.25, 0.3) is 0 Å². The molecule has 1 amide bonds. The van der Waals surface area contributed by atoms with Gasteiger partial charge in [-0.25, -0.2) is 9.59 Å². The van der Waals surface area contributed by atoms with Gasteiger partial charge in [0.1, 0.15) is 15.6 Å². The van der Waals surface area contributed by atoms with Crippen molar-refractivity contribution in [2.45, 2.75) is 32.5 Å². The minimum Gasteiger partial charge on any atom is -0.507 e. The third kappa shape index (κ3) is 5.94. The number of phenolic OH excluding ortho intramolecular Hbond substituents is 1. The number of esters is 2. The first-order chi connectivity index (χ1) is 17.3. The van der Waals surface area contributed by atoms with Crippen LogP contribution in [0.2, 0.25) is 0 Å². The van der Waals surface area contributed by atoms with Gasteiger partial charge in [-0.15, -0.1) is 28.1 Å². The standard InChI is InChI=1S/C24H26N4O6S2/c1-5-12-28-20(15-10-8-9-11-16(15)29)26-27-24(28)35-13-17(30)25-21-18(22(31)33-6-2)14(4)19(36-21)23(32)34-7-3/h5,8-11,29H,1,6-7,12-13H2,2-4H3,(H,25,30). The van der Waals surface area contributed by atoms with Crippen LogP contribution in [0.5, 0.6) is 5.75 Å². The summed E-state index contributed by atoms with van der Waals surface area (Å²) in [6.45, 7) is 9.40. The second-order valence-electron chi connectivity index (χ2n) is 7.26. The second kappa shape index (κ2) is 12.4. The van der Waals surface area contributed by atoms with Gasteiger partial charge in [0.05, 0.1) is 30.1 Å². The summed E-state index contributed by atoms with van der Waals surface area (Å²) in [5.41, 5.74) is 1.01. The number of hydrogen-bond donors (Lipinski definition) is 2. The fourth-order valence-corrected chi connectivity index (χ4v) is 5.14. The van der Waals surface area contributed by atoms with Crippen molar-refractivity contribution in [2.24, 2.45) is 0 Å². The molecule has 2 N–H and O–H groups in total. The molecule has 0 fully saturated rings. The zero-order chi connectivity index (χ0) is 26.2. The maximum absolute atomic E-state index is 12.8. The topological polar surface area (TPSA) is 133 Å². The fourth-order valence-electron chi connectivity index (χ4n) is 3.29. The SMILES string of the molecule is C=CCn1c(SCC(=O)Nc2sc(C(=O)OCC)c(C)c2C(=O)OCC)nnc1-c1ccccc1O. The number of thiophene rings is 1. The Bertz CT molecular complexity index is 1280. The number of nitrogens with zero attached hydrogens (tertiary/aromatic N) is 3. The molecule has 1 aromatic carbocycles. The third-order valence-electron chi connectivity index (χ3n) is 4.85. The van der Waals surface area contributed by atoms with Crippen LogP contribution in [0.3, 0.4) is 0 Å². The lowest BCUT2D eigenvalue weighted by Crippen LogP contribution is -2.17. The molecule has 190 valence electrons. The van der Waals surface area contributed by atoms with E-state index >= 15 is 0 Å². The minimum atomic E-state index is -0.636. The van der Waals surface area contributed by atoms with Crippen molar-refractivity contribution in [1.29, 1.82) is 0 Å². The van der Waals surface area contributed by atoms with E-state index in [0.717, 1.165) is 23.1 Å². The molecular weight excluding hydrogens is 504 g/mol. The van der Waals surface area contributed by atoms with Gasteiger partial charge in [0.15, 0.2) is 11.0 Å². The van der Waals surface area contributed by atoms with Gasteiger partial charge in [0.2, 0.25) is 5.91 Å². The molecule has 0 aliphatic rings. The predicted octanol–water partition coefficient (Wildman–Crippen LogP) is 4.29. The number of allylic oxidation sites excluding steroid dienone is 1. The van der Waals surface area contributed by atoms with E-state index in [-0.39, 0.29) is 40.2 Å². The van der Waals surface area contributed by atoms with Crippen molar-refractivity contribution in [3.63, 3.8) is 0 Å². The van der Waals surface area contributed by atoms with E-state index in [0.29, 0.717) is 28.7 Å². The van der Waals surface area contributed by atoms with Crippen LogP contribution >= 0.6 is 23.1 Å². The molecule has 0 saturated carbocycles. The van der Waals surface area contributed by atoms with Crippen LogP contribution in [0.25, 0.3) is 11.4 Å². The zero-order valence-corrected chi connectivity index (χ0v) is 21.7. The van der Waals surface area contributed by atoms with Crippen molar-refractivity contribution < 1.29 is 29.0 Å². The van der Waals surface area contributed by atoms with Crippen molar-refractivity contribution >= 4 is 45.9 Å². The van der Waals surface area contributed by atoms with E-state index in [1.807, 2.05) is 0 Å². The molecule has 0 aliphatic heterocycles. The van der Waals surface area contributed by atoms with Crippen molar-refractivity contribution in [3.8, 4) is 17.1 Å². The largest absolute Gasteiger partial charge is 0.507 e. The summed E-state index contributed by atoms with van der Waals surface area (Å²) in [4.78, 5) is 37.9. The maximum atomic E-state index is 12.8. The molecule has 3 aromatic rings. The lowest BCUT2D eigenvalue weighted by Gasteiger charge is -2.09. The average Bonchev–Trinajstić information content (AvgIpc) is 3.39. The molecule has 12 heteroatoms. The number of ether oxygens (including phenoxy) is 2. The van der Waals surface area contributed by atoms with Crippen molar-refractivity contribution in [1.82, 2.24) is 14.8 Å². The highest BCUT2D eigenvalue weighted by Gasteiger charge is 2.27. The number of nitrogens with one attached hydrogen (secondary N) is 1. The number of anilines is 1. The molecule has 2 aromatic heterocycles. The Morgan fingerprint density at radius 2 is 1.86 bits per heavy atom. The third-order valence-corrected chi connectivity index (χ3v) is 7.00. The summed E-state index contributed by atoms with van der Waals surface area (Å²) in [7, 11) is 0. The summed E-state index contributed by atoms with van der Waals surface area (Å²) in [6.07, 6.45) is 1.66. The highest BCUT2D eigenvalue weighted by molar-refractivity contribution is 7.99. The number of rotatable bonds is 11. The first-order valence-electron chi connectivity index (χ1n) is 11.0. The van der Waals surface area contributed by atoms with Crippen LogP contribution in [0.15, 0.2) is 42.1 Å². The molecule has 0 atom stereocenters. The van der Waals surface area contributed by atoms with Crippen LogP contribution in [0, 0.1) is 6.92 Å². The van der Waals surface area contributed by atoms with Crippen LogP contribution in [0.4, 0.5) is 5.00 Å². The quantitative estimate of drug-likeness (QED) is 0.212. The maximum Gasteiger partial charge on any atom is 0.348 e. The summed E-state index contributed by atoms with van der Waals surface area (Å²) < 4.78 is 11.9. The van der Waals surface area contributed by atoms with Gasteiger partial charge in [-0.05, 0) is 38.5 Å². The summed E-state index contributed by atoms with van der Waals surface area (Å²) in [6, 6.07) is 6.75. The van der Waals surface area contributed by atoms with Gasteiger partial charge >= 0.3 is 11.9 Å². The molecule has 0 unspecified atom stereocenters. The van der Waals surface area contributed by atoms with Gasteiger partial charge in [-0.3, -0.25) is 9.36 Å². The summed E-state index contributed by atoms with van der Waals surface area (Å²) in [5, 5.41) is 21.9. The Morgan fingerprint density at radius 3 is 2.53 bits per heavy atom. The first kappa shape index (κ1) is 27.0. The highest BCUT2D eigenvalue weighted by atomic mass is 32.2. The Morgan fingerprint density at radius 1 is 1.17 bits per heavy atom.